The zero-order valence-electron chi connectivity index (χ0n) is 22.1. The van der Waals surface area contributed by atoms with E-state index < -0.39 is 9.85 Å². The van der Waals surface area contributed by atoms with E-state index in [1.165, 1.54) is 48.9 Å². The third kappa shape index (κ3) is 10.2. The Balaban J connectivity index is 0.000000280. The number of hydrogen-bond donors (Lipinski definition) is 2. The molecule has 2 heterocycles. The number of rotatable bonds is 8. The van der Waals surface area contributed by atoms with E-state index in [0.717, 1.165) is 22.8 Å². The number of pyridine rings is 2. The monoisotopic (exact) mass is 600 g/mol. The third-order valence-corrected chi connectivity index (χ3v) is 5.38. The molecule has 0 spiro atoms. The van der Waals surface area contributed by atoms with Crippen LogP contribution >= 0.6 is 0 Å². The van der Waals surface area contributed by atoms with Crippen molar-refractivity contribution in [2.45, 2.75) is 26.9 Å². The Labute approximate surface area is 245 Å². The molecule has 2 aliphatic carbocycles. The smallest absolute Gasteiger partial charge is 0.270 e. The minimum Gasteiger partial charge on any atom is -0.385 e. The molecule has 2 aromatic rings. The Bertz CT molecular complexity index is 1410. The number of carbonyl (C=O) groups is 2. The number of aromatic nitrogens is 2. The molecule has 0 aliphatic heterocycles. The molecule has 2 N–H and O–H groups in total. The van der Waals surface area contributed by atoms with E-state index in [0.29, 0.717) is 13.1 Å². The molecule has 4 rings (SSSR count). The van der Waals surface area contributed by atoms with Crippen molar-refractivity contribution in [1.29, 1.82) is 0 Å². The van der Waals surface area contributed by atoms with Crippen LogP contribution in [-0.4, -0.2) is 31.4 Å². The maximum atomic E-state index is 11.6. The topological polar surface area (TPSA) is 170 Å². The van der Waals surface area contributed by atoms with Gasteiger partial charge in [-0.15, -0.1) is 0 Å². The molecule has 0 unspecified atom stereocenters. The summed E-state index contributed by atoms with van der Waals surface area (Å²) in [5.74, 6) is -0.527. The number of carbonyl (C=O) groups excluding carboxylic acids is 2. The molecule has 0 fully saturated rings. The van der Waals surface area contributed by atoms with Crippen LogP contribution in [0.15, 0.2) is 108 Å². The van der Waals surface area contributed by atoms with Gasteiger partial charge in [-0.2, -0.15) is 0 Å². The van der Waals surface area contributed by atoms with Crippen LogP contribution in [0.4, 0.5) is 0 Å². The molecule has 0 saturated heterocycles. The minimum atomic E-state index is -0.529. The van der Waals surface area contributed by atoms with E-state index in [4.69, 9.17) is 0 Å². The molecule has 13 heteroatoms. The first-order valence-corrected chi connectivity index (χ1v) is 12.0. The van der Waals surface area contributed by atoms with E-state index in [9.17, 15) is 29.8 Å². The van der Waals surface area contributed by atoms with Gasteiger partial charge < -0.3 is 10.6 Å². The van der Waals surface area contributed by atoms with Crippen molar-refractivity contribution in [3.05, 3.63) is 151 Å². The molecule has 214 valence electrons. The normalized spacial score (nSPS) is 15.8. The predicted octanol–water partition coefficient (Wildman–Crippen LogP) is 3.32. The van der Waals surface area contributed by atoms with Gasteiger partial charge in [-0.25, -0.2) is 0 Å². The summed E-state index contributed by atoms with van der Waals surface area (Å²) in [6.45, 7) is 4.68. The second kappa shape index (κ2) is 15.5. The van der Waals surface area contributed by atoms with Crippen molar-refractivity contribution in [2.24, 2.45) is 0 Å². The van der Waals surface area contributed by atoms with Gasteiger partial charge in [-0.3, -0.25) is 39.8 Å². The number of nitrogens with zero attached hydrogens (tertiary/aromatic N) is 4. The molecule has 0 atom stereocenters. The summed E-state index contributed by atoms with van der Waals surface area (Å²) in [6.07, 6.45) is 10.2. The van der Waals surface area contributed by atoms with Crippen LogP contribution in [0, 0.1) is 34.1 Å². The molecule has 0 amide bonds. The van der Waals surface area contributed by atoms with Crippen LogP contribution in [0.2, 0.25) is 0 Å². The van der Waals surface area contributed by atoms with E-state index in [1.807, 2.05) is 50.2 Å². The van der Waals surface area contributed by atoms with Crippen molar-refractivity contribution in [3.8, 4) is 0 Å². The number of nitrogens with one attached hydrogen (secondary N) is 2. The maximum absolute atomic E-state index is 11.6. The average Bonchev–Trinajstić information content (AvgIpc) is 2.91. The number of ketones is 2. The van der Waals surface area contributed by atoms with Crippen LogP contribution in [-0.2, 0) is 39.2 Å². The fraction of sp³-hybridized carbons (Fsp3) is 0.143. The van der Waals surface area contributed by atoms with Crippen molar-refractivity contribution in [3.63, 3.8) is 0 Å². The SMILES string of the molecule is Cc1cccc(CNC=C2C=C([N+](=O)[O-])C=CC2=O)n1.Cc1cccc(CNC=C2C=C([N+](=O)[O-])C=CC2=O)n1.[Ni]. The van der Waals surface area contributed by atoms with Gasteiger partial charge in [0.15, 0.2) is 11.6 Å². The number of allylic oxidation sites excluding steroid dienone is 8. The summed E-state index contributed by atoms with van der Waals surface area (Å²) in [5.41, 5.74) is 3.78. The summed E-state index contributed by atoms with van der Waals surface area (Å²) in [7, 11) is 0. The largest absolute Gasteiger partial charge is 0.385 e. The van der Waals surface area contributed by atoms with Crippen molar-refractivity contribution >= 4 is 11.6 Å². The number of hydrogen-bond acceptors (Lipinski definition) is 10. The Kier molecular flexibility index (Phi) is 12.2. The molecule has 12 nitrogen and oxygen atoms in total. The van der Waals surface area contributed by atoms with E-state index >= 15 is 0 Å². The zero-order chi connectivity index (χ0) is 29.1. The molecule has 0 bridgehead atoms. The molecule has 41 heavy (non-hydrogen) atoms. The minimum absolute atomic E-state index is 0. The van der Waals surface area contributed by atoms with E-state index in [2.05, 4.69) is 20.6 Å². The Morgan fingerprint density at radius 1 is 0.707 bits per heavy atom. The summed E-state index contributed by atoms with van der Waals surface area (Å²) in [4.78, 5) is 52.0. The summed E-state index contributed by atoms with van der Waals surface area (Å²) >= 11 is 0. The molecule has 2 aliphatic rings. The summed E-state index contributed by atoms with van der Waals surface area (Å²) < 4.78 is 0. The zero-order valence-corrected chi connectivity index (χ0v) is 23.0. The first-order chi connectivity index (χ1) is 19.1. The fourth-order valence-electron chi connectivity index (χ4n) is 3.45. The Morgan fingerprint density at radius 2 is 1.10 bits per heavy atom. The van der Waals surface area contributed by atoms with Gasteiger partial charge in [0.1, 0.15) is 0 Å². The van der Waals surface area contributed by atoms with Gasteiger partial charge in [0.2, 0.25) is 0 Å². The average molecular weight is 601 g/mol. The van der Waals surface area contributed by atoms with Crippen molar-refractivity contribution < 1.29 is 35.9 Å². The van der Waals surface area contributed by atoms with Gasteiger partial charge in [-0.1, -0.05) is 12.1 Å². The summed E-state index contributed by atoms with van der Waals surface area (Å²) in [5, 5.41) is 27.2. The van der Waals surface area contributed by atoms with Crippen LogP contribution in [0.5, 0.6) is 0 Å². The fourth-order valence-corrected chi connectivity index (χ4v) is 3.45. The standard InChI is InChI=1S/2C14H13N3O3.Ni/c2*1-10-3-2-4-12(16-10)9-15-8-11-7-13(17(19)20)5-6-14(11)18;/h2*2-8,15H,9H2,1H3;. The van der Waals surface area contributed by atoms with Crippen LogP contribution in [0.3, 0.4) is 0 Å². The first-order valence-electron chi connectivity index (χ1n) is 12.0. The van der Waals surface area contributed by atoms with Crippen LogP contribution in [0.25, 0.3) is 0 Å². The second-order valence-corrected chi connectivity index (χ2v) is 8.55. The van der Waals surface area contributed by atoms with Gasteiger partial charge in [0.05, 0.1) is 34.3 Å². The Morgan fingerprint density at radius 3 is 1.44 bits per heavy atom. The van der Waals surface area contributed by atoms with Gasteiger partial charge >= 0.3 is 0 Å². The van der Waals surface area contributed by atoms with Crippen molar-refractivity contribution in [1.82, 2.24) is 20.6 Å². The van der Waals surface area contributed by atoms with Crippen molar-refractivity contribution in [2.75, 3.05) is 0 Å². The number of nitro groups is 2. The number of aryl methyl sites for hydroxylation is 2. The maximum Gasteiger partial charge on any atom is 0.270 e. The Hall–Kier alpha value is -5.03. The third-order valence-electron chi connectivity index (χ3n) is 5.38. The first kappa shape index (κ1) is 32.2. The van der Waals surface area contributed by atoms with E-state index in [1.54, 1.807) is 0 Å². The van der Waals surface area contributed by atoms with Gasteiger partial charge in [0, 0.05) is 75.7 Å². The molecule has 0 saturated carbocycles. The predicted molar refractivity (Wildman–Crippen MR) is 146 cm³/mol. The van der Waals surface area contributed by atoms with Crippen LogP contribution < -0.4 is 10.6 Å². The van der Waals surface area contributed by atoms with Gasteiger partial charge in [-0.05, 0) is 50.3 Å². The molecule has 0 aromatic carbocycles. The molecular formula is C28H26N6NiO6. The second-order valence-electron chi connectivity index (χ2n) is 8.55. The van der Waals surface area contributed by atoms with E-state index in [-0.39, 0.29) is 50.6 Å². The summed E-state index contributed by atoms with van der Waals surface area (Å²) in [6, 6.07) is 11.3. The molecule has 0 radical (unpaired) electrons. The van der Waals surface area contributed by atoms with Crippen LogP contribution in [0.1, 0.15) is 22.8 Å². The van der Waals surface area contributed by atoms with Gasteiger partial charge in [0.25, 0.3) is 11.4 Å². The molecular weight excluding hydrogens is 575 g/mol. The quantitative estimate of drug-likeness (QED) is 0.198. The molecule has 2 aromatic heterocycles.